The van der Waals surface area contributed by atoms with Gasteiger partial charge in [-0.15, -0.1) is 11.3 Å². The van der Waals surface area contributed by atoms with E-state index in [1.807, 2.05) is 11.4 Å². The Hall–Kier alpha value is -2.23. The van der Waals surface area contributed by atoms with Crippen molar-refractivity contribution in [3.05, 3.63) is 51.7 Å². The zero-order chi connectivity index (χ0) is 14.4. The summed E-state index contributed by atoms with van der Waals surface area (Å²) in [7, 11) is 0. The van der Waals surface area contributed by atoms with Crippen molar-refractivity contribution >= 4 is 17.2 Å². The monoisotopic (exact) mass is 289 g/mol. The zero-order valence-electron chi connectivity index (χ0n) is 10.5. The summed E-state index contributed by atoms with van der Waals surface area (Å²) in [5.74, 6) is 4.88. The standard InChI is InChI=1S/C14H12FN3OS/c15-11-3-4-13(17-7-11)14(19)18-8-12-6-10(9-20-12)2-1-5-16/h3-4,6-7,9H,5,8,16H2,(H,18,19). The molecule has 2 heterocycles. The van der Waals surface area contributed by atoms with Gasteiger partial charge >= 0.3 is 0 Å². The van der Waals surface area contributed by atoms with Gasteiger partial charge in [-0.2, -0.15) is 0 Å². The summed E-state index contributed by atoms with van der Waals surface area (Å²) in [6.07, 6.45) is 1.01. The van der Waals surface area contributed by atoms with Crippen LogP contribution in [0.25, 0.3) is 0 Å². The van der Waals surface area contributed by atoms with E-state index in [1.54, 1.807) is 0 Å². The lowest BCUT2D eigenvalue weighted by atomic mass is 10.3. The maximum absolute atomic E-state index is 12.7. The van der Waals surface area contributed by atoms with Gasteiger partial charge in [0.1, 0.15) is 11.5 Å². The number of carbonyl (C=O) groups is 1. The summed E-state index contributed by atoms with van der Waals surface area (Å²) in [6, 6.07) is 4.44. The number of nitrogens with two attached hydrogens (primary N) is 1. The zero-order valence-corrected chi connectivity index (χ0v) is 11.3. The van der Waals surface area contributed by atoms with Gasteiger partial charge in [-0.05, 0) is 18.2 Å². The molecule has 0 aromatic carbocycles. The molecule has 3 N–H and O–H groups in total. The Morgan fingerprint density at radius 3 is 3.05 bits per heavy atom. The number of nitrogens with one attached hydrogen (secondary N) is 1. The van der Waals surface area contributed by atoms with E-state index >= 15 is 0 Å². The Kier molecular flexibility index (Phi) is 4.82. The number of amides is 1. The molecule has 0 aliphatic carbocycles. The number of carbonyl (C=O) groups excluding carboxylic acids is 1. The first kappa shape index (κ1) is 14.2. The molecule has 0 bridgehead atoms. The van der Waals surface area contributed by atoms with E-state index in [0.717, 1.165) is 16.6 Å². The van der Waals surface area contributed by atoms with Crippen molar-refractivity contribution in [1.82, 2.24) is 10.3 Å². The highest BCUT2D eigenvalue weighted by Crippen LogP contribution is 2.13. The maximum atomic E-state index is 12.7. The SMILES string of the molecule is NCC#Cc1csc(CNC(=O)c2ccc(F)cn2)c1. The van der Waals surface area contributed by atoms with Gasteiger partial charge in [0, 0.05) is 15.8 Å². The van der Waals surface area contributed by atoms with Crippen molar-refractivity contribution < 1.29 is 9.18 Å². The van der Waals surface area contributed by atoms with E-state index in [9.17, 15) is 9.18 Å². The minimum absolute atomic E-state index is 0.186. The van der Waals surface area contributed by atoms with Crippen molar-refractivity contribution in [2.75, 3.05) is 6.54 Å². The van der Waals surface area contributed by atoms with Crippen molar-refractivity contribution in [1.29, 1.82) is 0 Å². The van der Waals surface area contributed by atoms with Crippen LogP contribution in [0, 0.1) is 17.7 Å². The van der Waals surface area contributed by atoms with Crippen molar-refractivity contribution in [3.8, 4) is 11.8 Å². The average Bonchev–Trinajstić information content (AvgIpc) is 2.91. The van der Waals surface area contributed by atoms with Gasteiger partial charge in [-0.3, -0.25) is 4.79 Å². The molecule has 6 heteroatoms. The van der Waals surface area contributed by atoms with E-state index in [1.165, 1.54) is 23.5 Å². The molecule has 4 nitrogen and oxygen atoms in total. The highest BCUT2D eigenvalue weighted by atomic mass is 32.1. The third-order valence-electron chi connectivity index (χ3n) is 2.37. The number of rotatable bonds is 3. The topological polar surface area (TPSA) is 68.0 Å². The van der Waals surface area contributed by atoms with Gasteiger partial charge in [0.05, 0.1) is 19.3 Å². The minimum atomic E-state index is -0.470. The molecule has 1 amide bonds. The molecule has 102 valence electrons. The van der Waals surface area contributed by atoms with Crippen LogP contribution in [-0.2, 0) is 6.54 Å². The van der Waals surface area contributed by atoms with Crippen molar-refractivity contribution in [2.45, 2.75) is 6.54 Å². The predicted octanol–water partition coefficient (Wildman–Crippen LogP) is 1.52. The predicted molar refractivity (Wildman–Crippen MR) is 75.6 cm³/mol. The van der Waals surface area contributed by atoms with Gasteiger partial charge in [0.25, 0.3) is 5.91 Å². The molecular formula is C14H12FN3OS. The molecule has 0 unspecified atom stereocenters. The Bertz CT molecular complexity index is 655. The summed E-state index contributed by atoms with van der Waals surface area (Å²) in [5.41, 5.74) is 6.36. The molecule has 0 atom stereocenters. The van der Waals surface area contributed by atoms with Crippen molar-refractivity contribution in [2.24, 2.45) is 5.73 Å². The summed E-state index contributed by atoms with van der Waals surface area (Å²) in [4.78, 5) is 16.5. The molecule has 0 fully saturated rings. The summed E-state index contributed by atoms with van der Waals surface area (Å²) < 4.78 is 12.7. The lowest BCUT2D eigenvalue weighted by Crippen LogP contribution is -2.23. The van der Waals surface area contributed by atoms with Crippen LogP contribution in [0.2, 0.25) is 0 Å². The van der Waals surface area contributed by atoms with E-state index < -0.39 is 5.82 Å². The highest BCUT2D eigenvalue weighted by Gasteiger charge is 2.07. The van der Waals surface area contributed by atoms with E-state index in [0.29, 0.717) is 13.1 Å². The number of nitrogens with zero attached hydrogens (tertiary/aromatic N) is 1. The van der Waals surface area contributed by atoms with Gasteiger partial charge in [0.15, 0.2) is 0 Å². The average molecular weight is 289 g/mol. The molecule has 0 aliphatic rings. The Labute approximate surface area is 119 Å². The largest absolute Gasteiger partial charge is 0.346 e. The van der Waals surface area contributed by atoms with E-state index in [2.05, 4.69) is 22.1 Å². The normalized spacial score (nSPS) is 9.70. The van der Waals surface area contributed by atoms with Crippen LogP contribution in [-0.4, -0.2) is 17.4 Å². The Balaban J connectivity index is 1.93. The van der Waals surface area contributed by atoms with E-state index in [-0.39, 0.29) is 11.6 Å². The smallest absolute Gasteiger partial charge is 0.270 e. The van der Waals surface area contributed by atoms with Crippen LogP contribution < -0.4 is 11.1 Å². The van der Waals surface area contributed by atoms with Gasteiger partial charge in [-0.1, -0.05) is 11.8 Å². The Morgan fingerprint density at radius 1 is 1.50 bits per heavy atom. The Morgan fingerprint density at radius 2 is 2.35 bits per heavy atom. The quantitative estimate of drug-likeness (QED) is 0.842. The van der Waals surface area contributed by atoms with Crippen molar-refractivity contribution in [3.63, 3.8) is 0 Å². The molecule has 2 rings (SSSR count). The molecule has 0 radical (unpaired) electrons. The number of pyridine rings is 1. The first-order valence-electron chi connectivity index (χ1n) is 5.85. The second kappa shape index (κ2) is 6.80. The second-order valence-electron chi connectivity index (χ2n) is 3.85. The molecule has 0 saturated heterocycles. The molecule has 0 saturated carbocycles. The summed E-state index contributed by atoms with van der Waals surface area (Å²) in [6.45, 7) is 0.699. The maximum Gasteiger partial charge on any atom is 0.270 e. The highest BCUT2D eigenvalue weighted by molar-refractivity contribution is 7.10. The fourth-order valence-corrected chi connectivity index (χ4v) is 2.22. The van der Waals surface area contributed by atoms with Gasteiger partial charge in [0.2, 0.25) is 0 Å². The number of halogens is 1. The van der Waals surface area contributed by atoms with Gasteiger partial charge in [-0.25, -0.2) is 9.37 Å². The third-order valence-corrected chi connectivity index (χ3v) is 3.31. The molecule has 0 spiro atoms. The van der Waals surface area contributed by atoms with Crippen LogP contribution in [0.3, 0.4) is 0 Å². The number of aromatic nitrogens is 1. The third kappa shape index (κ3) is 3.88. The summed E-state index contributed by atoms with van der Waals surface area (Å²) >= 11 is 1.50. The van der Waals surface area contributed by atoms with Crippen LogP contribution in [0.15, 0.2) is 29.8 Å². The fraction of sp³-hybridized carbons (Fsp3) is 0.143. The van der Waals surface area contributed by atoms with Crippen LogP contribution in [0.1, 0.15) is 20.9 Å². The fourth-order valence-electron chi connectivity index (χ4n) is 1.46. The molecule has 2 aromatic rings. The number of hydrogen-bond donors (Lipinski definition) is 2. The second-order valence-corrected chi connectivity index (χ2v) is 4.85. The molecular weight excluding hydrogens is 277 g/mol. The van der Waals surface area contributed by atoms with Crippen LogP contribution in [0.5, 0.6) is 0 Å². The number of thiophene rings is 1. The summed E-state index contributed by atoms with van der Waals surface area (Å²) in [5, 5.41) is 4.62. The molecule has 2 aromatic heterocycles. The van der Waals surface area contributed by atoms with Crippen LogP contribution >= 0.6 is 11.3 Å². The van der Waals surface area contributed by atoms with Gasteiger partial charge < -0.3 is 11.1 Å². The first-order chi connectivity index (χ1) is 9.69. The lowest BCUT2D eigenvalue weighted by molar-refractivity contribution is 0.0946. The molecule has 20 heavy (non-hydrogen) atoms. The number of hydrogen-bond acceptors (Lipinski definition) is 4. The first-order valence-corrected chi connectivity index (χ1v) is 6.73. The molecule has 0 aliphatic heterocycles. The minimum Gasteiger partial charge on any atom is -0.346 e. The lowest BCUT2D eigenvalue weighted by Gasteiger charge is -2.02. The van der Waals surface area contributed by atoms with Crippen LogP contribution in [0.4, 0.5) is 4.39 Å². The van der Waals surface area contributed by atoms with E-state index in [4.69, 9.17) is 5.73 Å².